The number of carbonyl (C=O) groups excluding carboxylic acids is 1. The van der Waals surface area contributed by atoms with Crippen molar-refractivity contribution in [3.63, 3.8) is 0 Å². The van der Waals surface area contributed by atoms with Gasteiger partial charge in [0.1, 0.15) is 23.4 Å². The Morgan fingerprint density at radius 3 is 2.73 bits per heavy atom. The zero-order valence-electron chi connectivity index (χ0n) is 15.0. The Balaban J connectivity index is 1.55. The zero-order chi connectivity index (χ0) is 18.5. The van der Waals surface area contributed by atoms with Crippen molar-refractivity contribution in [3.05, 3.63) is 54.3 Å². The van der Waals surface area contributed by atoms with Crippen LogP contribution < -0.4 is 14.4 Å². The third-order valence-corrected chi connectivity index (χ3v) is 4.38. The van der Waals surface area contributed by atoms with E-state index in [-0.39, 0.29) is 24.4 Å². The predicted octanol–water partition coefficient (Wildman–Crippen LogP) is 2.95. The van der Waals surface area contributed by atoms with Crippen LogP contribution in [-0.4, -0.2) is 50.2 Å². The van der Waals surface area contributed by atoms with Crippen molar-refractivity contribution in [1.82, 2.24) is 4.90 Å². The average molecular weight is 358 g/mol. The number of amides is 1. The highest BCUT2D eigenvalue weighted by Crippen LogP contribution is 2.32. The van der Waals surface area contributed by atoms with Crippen molar-refractivity contribution in [1.29, 1.82) is 0 Å². The number of hydrogen-bond donors (Lipinski definition) is 0. The fraction of sp³-hybridized carbons (Fsp3) is 0.350. The summed E-state index contributed by atoms with van der Waals surface area (Å²) in [5.74, 6) is 0.818. The summed E-state index contributed by atoms with van der Waals surface area (Å²) in [5, 5.41) is 0. The Labute approximate surface area is 152 Å². The van der Waals surface area contributed by atoms with Crippen molar-refractivity contribution in [2.75, 3.05) is 38.2 Å². The lowest BCUT2D eigenvalue weighted by Crippen LogP contribution is -2.47. The van der Waals surface area contributed by atoms with E-state index in [1.807, 2.05) is 24.3 Å². The molecule has 0 saturated carbocycles. The van der Waals surface area contributed by atoms with Gasteiger partial charge in [0.2, 0.25) is 0 Å². The Hall–Kier alpha value is -2.76. The molecule has 1 heterocycles. The van der Waals surface area contributed by atoms with Crippen molar-refractivity contribution in [2.24, 2.45) is 0 Å². The topological polar surface area (TPSA) is 42.0 Å². The number of anilines is 1. The minimum atomic E-state index is -0.337. The molecular weight excluding hydrogens is 335 g/mol. The van der Waals surface area contributed by atoms with Crippen LogP contribution in [0.2, 0.25) is 0 Å². The molecule has 2 aromatic rings. The molecule has 0 fully saturated rings. The number of hydrogen-bond acceptors (Lipinski definition) is 4. The lowest BCUT2D eigenvalue weighted by atomic mass is 10.2. The van der Waals surface area contributed by atoms with Crippen LogP contribution in [0.15, 0.2) is 48.5 Å². The van der Waals surface area contributed by atoms with Gasteiger partial charge in [-0.15, -0.1) is 0 Å². The van der Waals surface area contributed by atoms with Crippen LogP contribution in [0.4, 0.5) is 10.1 Å². The van der Waals surface area contributed by atoms with Gasteiger partial charge in [-0.1, -0.05) is 12.1 Å². The molecule has 0 unspecified atom stereocenters. The molecule has 1 aliphatic rings. The molecule has 0 aliphatic carbocycles. The molecule has 0 spiro atoms. The molecule has 2 aromatic carbocycles. The maximum absolute atomic E-state index is 12.9. The summed E-state index contributed by atoms with van der Waals surface area (Å²) in [6.07, 6.45) is -0.107. The Bertz CT molecular complexity index is 751. The van der Waals surface area contributed by atoms with Gasteiger partial charge in [0.25, 0.3) is 5.91 Å². The van der Waals surface area contributed by atoms with Gasteiger partial charge in [0.05, 0.1) is 18.8 Å². The minimum absolute atomic E-state index is 0.0943. The summed E-state index contributed by atoms with van der Waals surface area (Å²) in [6, 6.07) is 13.5. The quantitative estimate of drug-likeness (QED) is 0.796. The predicted molar refractivity (Wildman–Crippen MR) is 98.3 cm³/mol. The highest BCUT2D eigenvalue weighted by molar-refractivity contribution is 5.77. The van der Waals surface area contributed by atoms with E-state index in [2.05, 4.69) is 11.8 Å². The Morgan fingerprint density at radius 1 is 1.27 bits per heavy atom. The van der Waals surface area contributed by atoms with E-state index in [9.17, 15) is 9.18 Å². The SMILES string of the molecule is CCN1C[C@@H](CN(C)C(=O)COc2ccc(F)cc2)Oc2ccccc21. The molecule has 0 saturated heterocycles. The van der Waals surface area contributed by atoms with E-state index in [0.29, 0.717) is 12.3 Å². The van der Waals surface area contributed by atoms with E-state index < -0.39 is 0 Å². The number of carbonyl (C=O) groups is 1. The average Bonchev–Trinajstić information content (AvgIpc) is 2.66. The number of nitrogens with zero attached hydrogens (tertiary/aromatic N) is 2. The van der Waals surface area contributed by atoms with Gasteiger partial charge in [-0.25, -0.2) is 4.39 Å². The van der Waals surface area contributed by atoms with Crippen LogP contribution in [0.3, 0.4) is 0 Å². The molecule has 6 heteroatoms. The minimum Gasteiger partial charge on any atom is -0.485 e. The first-order valence-corrected chi connectivity index (χ1v) is 8.69. The summed E-state index contributed by atoms with van der Waals surface area (Å²) in [7, 11) is 1.73. The molecule has 5 nitrogen and oxygen atoms in total. The zero-order valence-corrected chi connectivity index (χ0v) is 15.0. The van der Waals surface area contributed by atoms with Crippen molar-refractivity contribution >= 4 is 11.6 Å². The molecule has 138 valence electrons. The molecule has 1 amide bonds. The summed E-state index contributed by atoms with van der Waals surface area (Å²) in [6.45, 7) is 4.08. The van der Waals surface area contributed by atoms with E-state index in [1.165, 1.54) is 24.3 Å². The fourth-order valence-electron chi connectivity index (χ4n) is 2.97. The molecule has 0 aromatic heterocycles. The largest absolute Gasteiger partial charge is 0.485 e. The second-order valence-corrected chi connectivity index (χ2v) is 6.26. The maximum atomic E-state index is 12.9. The van der Waals surface area contributed by atoms with Gasteiger partial charge in [0, 0.05) is 13.6 Å². The Morgan fingerprint density at radius 2 is 2.00 bits per heavy atom. The highest BCUT2D eigenvalue weighted by Gasteiger charge is 2.26. The van der Waals surface area contributed by atoms with Crippen LogP contribution in [-0.2, 0) is 4.79 Å². The van der Waals surface area contributed by atoms with Crippen LogP contribution in [0.1, 0.15) is 6.92 Å². The molecule has 0 N–H and O–H groups in total. The van der Waals surface area contributed by atoms with Gasteiger partial charge in [-0.3, -0.25) is 4.79 Å². The first kappa shape index (κ1) is 18.0. The number of halogens is 1. The molecule has 1 atom stereocenters. The number of ether oxygens (including phenoxy) is 2. The van der Waals surface area contributed by atoms with Gasteiger partial charge in [-0.05, 0) is 43.3 Å². The maximum Gasteiger partial charge on any atom is 0.260 e. The summed E-state index contributed by atoms with van der Waals surface area (Å²) in [4.78, 5) is 16.2. The van der Waals surface area contributed by atoms with Crippen LogP contribution in [0, 0.1) is 5.82 Å². The smallest absolute Gasteiger partial charge is 0.260 e. The lowest BCUT2D eigenvalue weighted by molar-refractivity contribution is -0.133. The summed E-state index contributed by atoms with van der Waals surface area (Å²) >= 11 is 0. The van der Waals surface area contributed by atoms with Gasteiger partial charge in [-0.2, -0.15) is 0 Å². The monoisotopic (exact) mass is 358 g/mol. The van der Waals surface area contributed by atoms with Crippen LogP contribution >= 0.6 is 0 Å². The van der Waals surface area contributed by atoms with Crippen molar-refractivity contribution in [2.45, 2.75) is 13.0 Å². The van der Waals surface area contributed by atoms with Gasteiger partial charge in [0.15, 0.2) is 6.61 Å². The van der Waals surface area contributed by atoms with E-state index in [4.69, 9.17) is 9.47 Å². The number of fused-ring (bicyclic) bond motifs is 1. The number of para-hydroxylation sites is 2. The first-order valence-electron chi connectivity index (χ1n) is 8.69. The van der Waals surface area contributed by atoms with E-state index in [1.54, 1.807) is 11.9 Å². The molecule has 0 radical (unpaired) electrons. The Kier molecular flexibility index (Phi) is 5.61. The third-order valence-electron chi connectivity index (χ3n) is 4.38. The summed E-state index contributed by atoms with van der Waals surface area (Å²) in [5.41, 5.74) is 1.08. The number of likely N-dealkylation sites (N-methyl/N-ethyl adjacent to an activating group) is 2. The van der Waals surface area contributed by atoms with E-state index >= 15 is 0 Å². The number of benzene rings is 2. The van der Waals surface area contributed by atoms with Crippen LogP contribution in [0.25, 0.3) is 0 Å². The number of rotatable bonds is 6. The first-order chi connectivity index (χ1) is 12.6. The molecule has 26 heavy (non-hydrogen) atoms. The van der Waals surface area contributed by atoms with Crippen molar-refractivity contribution in [3.8, 4) is 11.5 Å². The van der Waals surface area contributed by atoms with Crippen molar-refractivity contribution < 1.29 is 18.7 Å². The van der Waals surface area contributed by atoms with Gasteiger partial charge >= 0.3 is 0 Å². The molecule has 3 rings (SSSR count). The lowest BCUT2D eigenvalue weighted by Gasteiger charge is -2.37. The second kappa shape index (κ2) is 8.08. The summed E-state index contributed by atoms with van der Waals surface area (Å²) < 4.78 is 24.4. The second-order valence-electron chi connectivity index (χ2n) is 6.26. The molecular formula is C20H23FN2O3. The fourth-order valence-corrected chi connectivity index (χ4v) is 2.97. The highest BCUT2D eigenvalue weighted by atomic mass is 19.1. The van der Waals surface area contributed by atoms with E-state index in [0.717, 1.165) is 24.5 Å². The molecule has 1 aliphatic heterocycles. The van der Waals surface area contributed by atoms with Gasteiger partial charge < -0.3 is 19.3 Å². The van der Waals surface area contributed by atoms with Crippen LogP contribution in [0.5, 0.6) is 11.5 Å². The standard InChI is InChI=1S/C20H23FN2O3/c1-3-23-13-17(26-19-7-5-4-6-18(19)23)12-22(2)20(24)14-25-16-10-8-15(21)9-11-16/h4-11,17H,3,12-14H2,1-2H3/t17-/m1/s1. The normalized spacial score (nSPS) is 15.8. The molecule has 0 bridgehead atoms. The third kappa shape index (κ3) is 4.25.